The lowest BCUT2D eigenvalue weighted by Crippen LogP contribution is -2.17. The average Bonchev–Trinajstić information content (AvgIpc) is 3.53. The molecule has 2 aromatic heterocycles. The summed E-state index contributed by atoms with van der Waals surface area (Å²) in [5, 5.41) is 9.69. The lowest BCUT2D eigenvalue weighted by atomic mass is 10.3. The van der Waals surface area contributed by atoms with Gasteiger partial charge in [0.25, 0.3) is 0 Å². The van der Waals surface area contributed by atoms with E-state index >= 15 is 0 Å². The van der Waals surface area contributed by atoms with Gasteiger partial charge in [0, 0.05) is 25.3 Å². The zero-order valence-electron chi connectivity index (χ0n) is 15.9. The lowest BCUT2D eigenvalue weighted by molar-refractivity contribution is 0.0547. The maximum atomic E-state index is 5.50. The smallest absolute Gasteiger partial charge is 0.229 e. The normalized spacial score (nSPS) is 13.3. The third-order valence-electron chi connectivity index (χ3n) is 3.86. The molecule has 0 aromatic carbocycles. The summed E-state index contributed by atoms with van der Waals surface area (Å²) in [7, 11) is 0. The van der Waals surface area contributed by atoms with Gasteiger partial charge in [0.05, 0.1) is 38.7 Å². The van der Waals surface area contributed by atoms with Crippen LogP contribution in [0.5, 0.6) is 0 Å². The number of nitrogens with one attached hydrogen (secondary N) is 3. The first kappa shape index (κ1) is 20.2. The molecule has 0 radical (unpaired) electrons. The molecule has 10 heteroatoms. The summed E-state index contributed by atoms with van der Waals surface area (Å²) in [6.07, 6.45) is 4.05. The number of nitrogens with zero attached hydrogens (tertiary/aromatic N) is 4. The van der Waals surface area contributed by atoms with Crippen molar-refractivity contribution in [1.82, 2.24) is 19.9 Å². The SMILES string of the molecule is NCCOCCOCCNc1nc(NCc2ccccn2)nc(NC2CC2)n1. The van der Waals surface area contributed by atoms with Gasteiger partial charge in [0.1, 0.15) is 0 Å². The molecule has 152 valence electrons. The van der Waals surface area contributed by atoms with Gasteiger partial charge in [-0.25, -0.2) is 0 Å². The monoisotopic (exact) mass is 388 g/mol. The Morgan fingerprint density at radius 3 is 2.39 bits per heavy atom. The van der Waals surface area contributed by atoms with E-state index in [-0.39, 0.29) is 0 Å². The van der Waals surface area contributed by atoms with Crippen molar-refractivity contribution in [2.24, 2.45) is 5.73 Å². The maximum absolute atomic E-state index is 5.50. The molecule has 0 bridgehead atoms. The maximum Gasteiger partial charge on any atom is 0.229 e. The molecule has 0 spiro atoms. The highest BCUT2D eigenvalue weighted by Gasteiger charge is 2.22. The van der Waals surface area contributed by atoms with Gasteiger partial charge in [-0.1, -0.05) is 6.07 Å². The Bertz CT molecular complexity index is 699. The first-order chi connectivity index (χ1) is 13.8. The number of hydrogen-bond donors (Lipinski definition) is 4. The largest absolute Gasteiger partial charge is 0.378 e. The minimum absolute atomic E-state index is 0.454. The van der Waals surface area contributed by atoms with Gasteiger partial charge in [-0.05, 0) is 25.0 Å². The number of aromatic nitrogens is 4. The molecule has 0 atom stereocenters. The topological polar surface area (TPSA) is 132 Å². The Morgan fingerprint density at radius 1 is 0.929 bits per heavy atom. The van der Waals surface area contributed by atoms with Crippen LogP contribution in [0, 0.1) is 0 Å². The van der Waals surface area contributed by atoms with Crippen molar-refractivity contribution in [3.63, 3.8) is 0 Å². The summed E-state index contributed by atoms with van der Waals surface area (Å²) in [6.45, 7) is 3.80. The second kappa shape index (κ2) is 11.3. The fourth-order valence-corrected chi connectivity index (χ4v) is 2.32. The van der Waals surface area contributed by atoms with Crippen LogP contribution >= 0.6 is 0 Å². The fourth-order valence-electron chi connectivity index (χ4n) is 2.32. The van der Waals surface area contributed by atoms with E-state index in [0.717, 1.165) is 18.5 Å². The highest BCUT2D eigenvalue weighted by atomic mass is 16.5. The van der Waals surface area contributed by atoms with Crippen LogP contribution in [-0.4, -0.2) is 65.5 Å². The zero-order chi connectivity index (χ0) is 19.4. The Kier molecular flexibility index (Phi) is 8.16. The molecule has 0 aliphatic heterocycles. The Hall–Kier alpha value is -2.56. The van der Waals surface area contributed by atoms with E-state index in [1.165, 1.54) is 0 Å². The minimum Gasteiger partial charge on any atom is -0.378 e. The van der Waals surface area contributed by atoms with Gasteiger partial charge >= 0.3 is 0 Å². The summed E-state index contributed by atoms with van der Waals surface area (Å²) in [6, 6.07) is 6.24. The van der Waals surface area contributed by atoms with E-state index in [1.807, 2.05) is 18.2 Å². The highest BCUT2D eigenvalue weighted by molar-refractivity contribution is 5.43. The lowest BCUT2D eigenvalue weighted by Gasteiger charge is -2.11. The first-order valence-electron chi connectivity index (χ1n) is 9.59. The number of anilines is 3. The van der Waals surface area contributed by atoms with Crippen LogP contribution in [0.1, 0.15) is 18.5 Å². The molecule has 0 amide bonds. The van der Waals surface area contributed by atoms with Gasteiger partial charge < -0.3 is 31.2 Å². The van der Waals surface area contributed by atoms with E-state index < -0.39 is 0 Å². The van der Waals surface area contributed by atoms with Crippen molar-refractivity contribution in [3.05, 3.63) is 30.1 Å². The molecule has 5 N–H and O–H groups in total. The summed E-state index contributed by atoms with van der Waals surface area (Å²) in [4.78, 5) is 17.6. The Morgan fingerprint density at radius 2 is 1.68 bits per heavy atom. The van der Waals surface area contributed by atoms with E-state index in [0.29, 0.717) is 69.9 Å². The van der Waals surface area contributed by atoms with Gasteiger partial charge in [-0.15, -0.1) is 0 Å². The number of pyridine rings is 1. The van der Waals surface area contributed by atoms with Crippen molar-refractivity contribution >= 4 is 17.8 Å². The molecule has 28 heavy (non-hydrogen) atoms. The number of ether oxygens (including phenoxy) is 2. The van der Waals surface area contributed by atoms with Crippen molar-refractivity contribution in [2.75, 3.05) is 55.5 Å². The van der Waals surface area contributed by atoms with E-state index in [9.17, 15) is 0 Å². The molecule has 0 saturated heterocycles. The minimum atomic E-state index is 0.454. The molecule has 2 aromatic rings. The first-order valence-corrected chi connectivity index (χ1v) is 9.59. The number of nitrogens with two attached hydrogens (primary N) is 1. The Labute approximate surface area is 164 Å². The van der Waals surface area contributed by atoms with Crippen molar-refractivity contribution in [2.45, 2.75) is 25.4 Å². The van der Waals surface area contributed by atoms with Crippen LogP contribution in [0.25, 0.3) is 0 Å². The molecule has 1 aliphatic rings. The summed E-state index contributed by atoms with van der Waals surface area (Å²) in [5.74, 6) is 1.58. The Balaban J connectivity index is 1.48. The molecule has 1 saturated carbocycles. The van der Waals surface area contributed by atoms with Gasteiger partial charge in [-0.3, -0.25) is 4.98 Å². The summed E-state index contributed by atoms with van der Waals surface area (Å²) in [5.41, 5.74) is 6.28. The molecular weight excluding hydrogens is 360 g/mol. The van der Waals surface area contributed by atoms with Crippen LogP contribution in [0.15, 0.2) is 24.4 Å². The van der Waals surface area contributed by atoms with Crippen molar-refractivity contribution < 1.29 is 9.47 Å². The summed E-state index contributed by atoms with van der Waals surface area (Å²) >= 11 is 0. The molecule has 1 fully saturated rings. The van der Waals surface area contributed by atoms with Crippen LogP contribution < -0.4 is 21.7 Å². The predicted molar refractivity (Wildman–Crippen MR) is 107 cm³/mol. The molecule has 2 heterocycles. The fraction of sp³-hybridized carbons (Fsp3) is 0.556. The van der Waals surface area contributed by atoms with E-state index in [1.54, 1.807) is 6.20 Å². The number of hydrogen-bond acceptors (Lipinski definition) is 10. The van der Waals surface area contributed by atoms with E-state index in [4.69, 9.17) is 15.2 Å². The van der Waals surface area contributed by atoms with Crippen molar-refractivity contribution in [1.29, 1.82) is 0 Å². The van der Waals surface area contributed by atoms with Gasteiger partial charge in [0.15, 0.2) is 0 Å². The van der Waals surface area contributed by atoms with Crippen molar-refractivity contribution in [3.8, 4) is 0 Å². The predicted octanol–water partition coefficient (Wildman–Crippen LogP) is 0.857. The third-order valence-corrected chi connectivity index (χ3v) is 3.86. The summed E-state index contributed by atoms with van der Waals surface area (Å²) < 4.78 is 10.8. The van der Waals surface area contributed by atoms with Crippen LogP contribution in [0.2, 0.25) is 0 Å². The quantitative estimate of drug-likeness (QED) is 0.345. The van der Waals surface area contributed by atoms with Crippen LogP contribution in [0.3, 0.4) is 0 Å². The molecule has 0 unspecified atom stereocenters. The van der Waals surface area contributed by atoms with Gasteiger partial charge in [0.2, 0.25) is 17.8 Å². The second-order valence-electron chi connectivity index (χ2n) is 6.34. The van der Waals surface area contributed by atoms with Crippen LogP contribution in [0.4, 0.5) is 17.8 Å². The average molecular weight is 388 g/mol. The van der Waals surface area contributed by atoms with E-state index in [2.05, 4.69) is 35.9 Å². The molecule has 10 nitrogen and oxygen atoms in total. The van der Waals surface area contributed by atoms with Gasteiger partial charge in [-0.2, -0.15) is 15.0 Å². The van der Waals surface area contributed by atoms with Crippen LogP contribution in [-0.2, 0) is 16.0 Å². The molecular formula is C18H28N8O2. The third kappa shape index (κ3) is 7.59. The standard InChI is InChI=1S/C18H28N8O2/c19-6-9-27-11-12-28-10-8-21-16-24-17(22-13-15-3-1-2-7-20-15)26-18(25-16)23-14-4-5-14/h1-3,7,14H,4-6,8-13,19H2,(H3,21,22,23,24,25,26). The zero-order valence-corrected chi connectivity index (χ0v) is 15.9. The second-order valence-corrected chi connectivity index (χ2v) is 6.34. The molecule has 3 rings (SSSR count). The number of rotatable bonds is 14. The molecule has 1 aliphatic carbocycles. The highest BCUT2D eigenvalue weighted by Crippen LogP contribution is 2.23.